The first-order chi connectivity index (χ1) is 25.0. The van der Waals surface area contributed by atoms with Crippen molar-refractivity contribution in [1.29, 1.82) is 0 Å². The Morgan fingerprint density at radius 1 is 0.412 bits per heavy atom. The highest BCUT2D eigenvalue weighted by molar-refractivity contribution is 5.97. The molecule has 10 rings (SSSR count). The predicted molar refractivity (Wildman–Crippen MR) is 205 cm³/mol. The highest BCUT2D eigenvalue weighted by atomic mass is 16.6. The van der Waals surface area contributed by atoms with Crippen LogP contribution in [0.5, 0.6) is 23.0 Å². The molecule has 0 bridgehead atoms. The minimum absolute atomic E-state index is 0.120. The third kappa shape index (κ3) is 4.75. The second-order valence-electron chi connectivity index (χ2n) is 13.8. The predicted octanol–water partition coefficient (Wildman–Crippen LogP) is 12.5. The van der Waals surface area contributed by atoms with E-state index < -0.39 is 0 Å². The van der Waals surface area contributed by atoms with Gasteiger partial charge in [0.25, 0.3) is 0 Å². The first-order valence-corrected chi connectivity index (χ1v) is 17.3. The van der Waals surface area contributed by atoms with Gasteiger partial charge in [0.05, 0.1) is 11.4 Å². The lowest BCUT2D eigenvalue weighted by Gasteiger charge is -2.25. The van der Waals surface area contributed by atoms with E-state index in [0.717, 1.165) is 56.1 Å². The Labute approximate surface area is 296 Å². The summed E-state index contributed by atoms with van der Waals surface area (Å²) < 4.78 is 13.1. The minimum Gasteiger partial charge on any atom is -0.450 e. The lowest BCUT2D eigenvalue weighted by Crippen LogP contribution is -2.15. The Morgan fingerprint density at radius 2 is 1.06 bits per heavy atom. The molecule has 1 aliphatic carbocycles. The van der Waals surface area contributed by atoms with Gasteiger partial charge in [0.1, 0.15) is 0 Å². The Morgan fingerprint density at radius 3 is 1.94 bits per heavy atom. The van der Waals surface area contributed by atoms with Gasteiger partial charge in [-0.15, -0.1) is 0 Å². The molecule has 0 amide bonds. The zero-order valence-electron chi connectivity index (χ0n) is 28.2. The molecular weight excluding hydrogens is 625 g/mol. The second kappa shape index (κ2) is 11.3. The van der Waals surface area contributed by atoms with Crippen molar-refractivity contribution in [3.8, 4) is 79.2 Å². The number of nitrogens with zero attached hydrogens (tertiary/aromatic N) is 2. The van der Waals surface area contributed by atoms with Crippen molar-refractivity contribution >= 4 is 10.8 Å². The van der Waals surface area contributed by atoms with Gasteiger partial charge in [-0.2, -0.15) is 0 Å². The van der Waals surface area contributed by atoms with Gasteiger partial charge in [0, 0.05) is 22.1 Å². The van der Waals surface area contributed by atoms with Gasteiger partial charge in [0.15, 0.2) is 28.8 Å². The standard InChI is InChI=1S/C47H32N2O2/c1-47(2)38-22-11-10-19-34(38)37-26-44-45(27-39(37)47)50-42-24-23-31(25-43(42)51-44)33-18-8-9-20-36(33)46-48-40(30-14-4-3-5-15-30)28-41(49-46)35-21-12-16-29-13-6-7-17-32(29)35/h3-28H,1-2H3. The lowest BCUT2D eigenvalue weighted by molar-refractivity contribution is 0.359. The van der Waals surface area contributed by atoms with Crippen LogP contribution in [0.25, 0.3) is 66.9 Å². The summed E-state index contributed by atoms with van der Waals surface area (Å²) in [7, 11) is 0. The van der Waals surface area contributed by atoms with E-state index in [2.05, 4.69) is 141 Å². The number of hydrogen-bond acceptors (Lipinski definition) is 4. The van der Waals surface area contributed by atoms with Crippen molar-refractivity contribution in [2.24, 2.45) is 0 Å². The lowest BCUT2D eigenvalue weighted by atomic mass is 9.82. The van der Waals surface area contributed by atoms with E-state index in [1.165, 1.54) is 27.6 Å². The molecule has 0 spiro atoms. The summed E-state index contributed by atoms with van der Waals surface area (Å²) >= 11 is 0. The Hall–Kier alpha value is -6.52. The summed E-state index contributed by atoms with van der Waals surface area (Å²) in [5.74, 6) is 3.49. The van der Waals surface area contributed by atoms with E-state index in [-0.39, 0.29) is 5.41 Å². The topological polar surface area (TPSA) is 44.2 Å². The average Bonchev–Trinajstić information content (AvgIpc) is 3.40. The molecule has 242 valence electrons. The number of ether oxygens (including phenoxy) is 2. The summed E-state index contributed by atoms with van der Waals surface area (Å²) in [5, 5.41) is 2.33. The molecule has 2 heterocycles. The van der Waals surface area contributed by atoms with Crippen LogP contribution in [-0.4, -0.2) is 9.97 Å². The van der Waals surface area contributed by atoms with Crippen molar-refractivity contribution in [3.63, 3.8) is 0 Å². The van der Waals surface area contributed by atoms with Gasteiger partial charge in [-0.25, -0.2) is 9.97 Å². The fraction of sp³-hybridized carbons (Fsp3) is 0.0638. The van der Waals surface area contributed by atoms with Crippen LogP contribution >= 0.6 is 0 Å². The van der Waals surface area contributed by atoms with Crippen molar-refractivity contribution in [3.05, 3.63) is 169 Å². The molecule has 0 atom stereocenters. The van der Waals surface area contributed by atoms with Crippen LogP contribution in [0.2, 0.25) is 0 Å². The summed E-state index contributed by atoms with van der Waals surface area (Å²) in [6.45, 7) is 4.55. The van der Waals surface area contributed by atoms with Crippen LogP contribution in [0.4, 0.5) is 0 Å². The molecule has 0 N–H and O–H groups in total. The molecule has 51 heavy (non-hydrogen) atoms. The molecule has 1 aliphatic heterocycles. The molecule has 0 unspecified atom stereocenters. The third-order valence-electron chi connectivity index (χ3n) is 10.4. The largest absolute Gasteiger partial charge is 0.450 e. The number of rotatable bonds is 4. The normalized spacial score (nSPS) is 13.4. The molecule has 0 radical (unpaired) electrons. The van der Waals surface area contributed by atoms with Gasteiger partial charge in [0.2, 0.25) is 0 Å². The maximum atomic E-state index is 6.63. The van der Waals surface area contributed by atoms with E-state index in [4.69, 9.17) is 19.4 Å². The van der Waals surface area contributed by atoms with Gasteiger partial charge < -0.3 is 9.47 Å². The zero-order chi connectivity index (χ0) is 34.1. The monoisotopic (exact) mass is 656 g/mol. The Kier molecular flexibility index (Phi) is 6.49. The van der Waals surface area contributed by atoms with E-state index in [1.807, 2.05) is 30.3 Å². The molecule has 4 nitrogen and oxygen atoms in total. The van der Waals surface area contributed by atoms with E-state index >= 15 is 0 Å². The summed E-state index contributed by atoms with van der Waals surface area (Å²) in [6.07, 6.45) is 0. The van der Waals surface area contributed by atoms with Crippen molar-refractivity contribution < 1.29 is 9.47 Å². The smallest absolute Gasteiger partial charge is 0.170 e. The van der Waals surface area contributed by atoms with Gasteiger partial charge in [-0.3, -0.25) is 0 Å². The molecule has 0 saturated carbocycles. The highest BCUT2D eigenvalue weighted by Gasteiger charge is 2.37. The summed E-state index contributed by atoms with van der Waals surface area (Å²) in [5.41, 5.74) is 11.7. The third-order valence-corrected chi connectivity index (χ3v) is 10.4. The van der Waals surface area contributed by atoms with E-state index in [9.17, 15) is 0 Å². The average molecular weight is 657 g/mol. The Balaban J connectivity index is 1.08. The van der Waals surface area contributed by atoms with Gasteiger partial charge >= 0.3 is 0 Å². The zero-order valence-corrected chi connectivity index (χ0v) is 28.2. The van der Waals surface area contributed by atoms with Gasteiger partial charge in [-0.05, 0) is 74.5 Å². The number of fused-ring (bicyclic) bond motifs is 6. The first-order valence-electron chi connectivity index (χ1n) is 17.3. The molecular formula is C47H32N2O2. The maximum absolute atomic E-state index is 6.63. The maximum Gasteiger partial charge on any atom is 0.170 e. The van der Waals surface area contributed by atoms with E-state index in [0.29, 0.717) is 17.3 Å². The molecule has 8 aromatic rings. The SMILES string of the molecule is CC1(C)c2ccccc2-c2cc3c(cc21)Oc1ccc(-c2ccccc2-c2nc(-c4ccccc4)cc(-c4cccc5ccccc45)n2)cc1O3. The molecule has 1 aromatic heterocycles. The fourth-order valence-corrected chi connectivity index (χ4v) is 7.79. The molecule has 0 saturated heterocycles. The van der Waals surface area contributed by atoms with Crippen LogP contribution in [0.15, 0.2) is 158 Å². The molecule has 4 heteroatoms. The van der Waals surface area contributed by atoms with E-state index in [1.54, 1.807) is 0 Å². The van der Waals surface area contributed by atoms with Crippen LogP contribution in [-0.2, 0) is 5.41 Å². The van der Waals surface area contributed by atoms with Crippen LogP contribution in [0.3, 0.4) is 0 Å². The summed E-state index contributed by atoms with van der Waals surface area (Å²) in [6, 6.07) is 54.6. The number of aromatic nitrogens is 2. The quantitative estimate of drug-likeness (QED) is 0.189. The fourth-order valence-electron chi connectivity index (χ4n) is 7.79. The second-order valence-corrected chi connectivity index (χ2v) is 13.8. The number of hydrogen-bond donors (Lipinski definition) is 0. The van der Waals surface area contributed by atoms with Crippen molar-refractivity contribution in [2.45, 2.75) is 19.3 Å². The van der Waals surface area contributed by atoms with Crippen LogP contribution in [0, 0.1) is 0 Å². The van der Waals surface area contributed by atoms with Gasteiger partial charge in [-0.1, -0.05) is 141 Å². The highest BCUT2D eigenvalue weighted by Crippen LogP contribution is 2.55. The van der Waals surface area contributed by atoms with Crippen LogP contribution in [0.1, 0.15) is 25.0 Å². The first kappa shape index (κ1) is 29.4. The van der Waals surface area contributed by atoms with Crippen molar-refractivity contribution in [2.75, 3.05) is 0 Å². The summed E-state index contributed by atoms with van der Waals surface area (Å²) in [4.78, 5) is 10.4. The van der Waals surface area contributed by atoms with Crippen LogP contribution < -0.4 is 9.47 Å². The molecule has 2 aliphatic rings. The number of benzene rings is 7. The Bertz CT molecular complexity index is 2670. The molecule has 0 fully saturated rings. The molecule has 7 aromatic carbocycles. The van der Waals surface area contributed by atoms with Crippen molar-refractivity contribution in [1.82, 2.24) is 9.97 Å². The minimum atomic E-state index is -0.120.